The van der Waals surface area contributed by atoms with Gasteiger partial charge >= 0.3 is 0 Å². The first kappa shape index (κ1) is 19.5. The predicted molar refractivity (Wildman–Crippen MR) is 112 cm³/mol. The molecule has 2 aromatic carbocycles. The van der Waals surface area contributed by atoms with Crippen molar-refractivity contribution in [3.05, 3.63) is 59.7 Å². The number of ether oxygens (including phenoxy) is 1. The molecule has 0 saturated carbocycles. The van der Waals surface area contributed by atoms with Gasteiger partial charge in [-0.2, -0.15) is 0 Å². The normalized spacial score (nSPS) is 19.8. The maximum atomic E-state index is 13.0. The van der Waals surface area contributed by atoms with Gasteiger partial charge in [0.1, 0.15) is 5.75 Å². The van der Waals surface area contributed by atoms with E-state index in [1.54, 1.807) is 0 Å². The van der Waals surface area contributed by atoms with Gasteiger partial charge in [0.05, 0.1) is 18.2 Å². The molecule has 2 aliphatic heterocycles. The second-order valence-electron chi connectivity index (χ2n) is 7.46. The van der Waals surface area contributed by atoms with Crippen LogP contribution in [0.2, 0.25) is 0 Å². The number of amides is 2. The summed E-state index contributed by atoms with van der Waals surface area (Å²) in [5.41, 5.74) is 2.71. The van der Waals surface area contributed by atoms with Crippen molar-refractivity contribution in [1.82, 2.24) is 9.80 Å². The summed E-state index contributed by atoms with van der Waals surface area (Å²) < 4.78 is 5.61. The molecule has 6 nitrogen and oxygen atoms in total. The van der Waals surface area contributed by atoms with Crippen molar-refractivity contribution in [2.75, 3.05) is 38.1 Å². The summed E-state index contributed by atoms with van der Waals surface area (Å²) >= 11 is 0. The maximum absolute atomic E-state index is 13.0. The van der Waals surface area contributed by atoms with E-state index in [0.717, 1.165) is 18.5 Å². The SMILES string of the molecule is CCOc1ccccc1C(=O)N1CCN(C2CCc3ccccc3NC2=O)CC1. The third kappa shape index (κ3) is 4.12. The molecule has 29 heavy (non-hydrogen) atoms. The van der Waals surface area contributed by atoms with E-state index in [-0.39, 0.29) is 17.9 Å². The number of fused-ring (bicyclic) bond motifs is 1. The zero-order valence-electron chi connectivity index (χ0n) is 16.8. The van der Waals surface area contributed by atoms with Crippen LogP contribution in [0.3, 0.4) is 0 Å². The number of aryl methyl sites for hydroxylation is 1. The molecule has 0 bridgehead atoms. The molecule has 2 aromatic rings. The molecule has 1 unspecified atom stereocenters. The summed E-state index contributed by atoms with van der Waals surface area (Å²) in [6.45, 7) is 5.04. The van der Waals surface area contributed by atoms with E-state index < -0.39 is 0 Å². The summed E-state index contributed by atoms with van der Waals surface area (Å²) in [6, 6.07) is 15.2. The Morgan fingerprint density at radius 3 is 2.59 bits per heavy atom. The van der Waals surface area contributed by atoms with E-state index in [4.69, 9.17) is 4.74 Å². The molecule has 2 heterocycles. The van der Waals surface area contributed by atoms with Crippen molar-refractivity contribution in [2.24, 2.45) is 0 Å². The average molecular weight is 393 g/mol. The fraction of sp³-hybridized carbons (Fsp3) is 0.391. The lowest BCUT2D eigenvalue weighted by molar-refractivity contribution is -0.122. The number of nitrogens with one attached hydrogen (secondary N) is 1. The molecule has 0 spiro atoms. The second-order valence-corrected chi connectivity index (χ2v) is 7.46. The van der Waals surface area contributed by atoms with Crippen LogP contribution in [-0.4, -0.2) is 60.4 Å². The van der Waals surface area contributed by atoms with Crippen molar-refractivity contribution in [3.63, 3.8) is 0 Å². The lowest BCUT2D eigenvalue weighted by Gasteiger charge is -2.38. The lowest BCUT2D eigenvalue weighted by atomic mass is 10.0. The highest BCUT2D eigenvalue weighted by Crippen LogP contribution is 2.25. The molecule has 1 fully saturated rings. The summed E-state index contributed by atoms with van der Waals surface area (Å²) in [6.07, 6.45) is 1.67. The van der Waals surface area contributed by atoms with Gasteiger partial charge in [-0.05, 0) is 43.5 Å². The smallest absolute Gasteiger partial charge is 0.257 e. The monoisotopic (exact) mass is 393 g/mol. The topological polar surface area (TPSA) is 61.9 Å². The quantitative estimate of drug-likeness (QED) is 0.868. The molecule has 1 saturated heterocycles. The number of anilines is 1. The van der Waals surface area contributed by atoms with Gasteiger partial charge in [-0.15, -0.1) is 0 Å². The number of hydrogen-bond donors (Lipinski definition) is 1. The van der Waals surface area contributed by atoms with Crippen molar-refractivity contribution < 1.29 is 14.3 Å². The first-order chi connectivity index (χ1) is 14.2. The van der Waals surface area contributed by atoms with Crippen LogP contribution in [0.15, 0.2) is 48.5 Å². The summed E-state index contributed by atoms with van der Waals surface area (Å²) in [5.74, 6) is 0.672. The van der Waals surface area contributed by atoms with Gasteiger partial charge in [0.2, 0.25) is 5.91 Å². The number of nitrogens with zero attached hydrogens (tertiary/aromatic N) is 2. The molecular formula is C23H27N3O3. The van der Waals surface area contributed by atoms with Crippen LogP contribution in [-0.2, 0) is 11.2 Å². The molecule has 152 valence electrons. The Hall–Kier alpha value is -2.86. The highest BCUT2D eigenvalue weighted by molar-refractivity contribution is 5.97. The van der Waals surface area contributed by atoms with Crippen LogP contribution in [0.25, 0.3) is 0 Å². The van der Waals surface area contributed by atoms with Crippen molar-refractivity contribution in [2.45, 2.75) is 25.8 Å². The third-order valence-electron chi connectivity index (χ3n) is 5.72. The van der Waals surface area contributed by atoms with E-state index in [1.165, 1.54) is 5.56 Å². The molecule has 0 aromatic heterocycles. The fourth-order valence-corrected chi connectivity index (χ4v) is 4.18. The van der Waals surface area contributed by atoms with E-state index >= 15 is 0 Å². The Labute approximate surface area is 171 Å². The Balaban J connectivity index is 1.40. The minimum absolute atomic E-state index is 0.00794. The molecule has 2 aliphatic rings. The van der Waals surface area contributed by atoms with Gasteiger partial charge in [-0.3, -0.25) is 14.5 Å². The first-order valence-electron chi connectivity index (χ1n) is 10.3. The number of rotatable bonds is 4. The summed E-state index contributed by atoms with van der Waals surface area (Å²) in [7, 11) is 0. The molecule has 1 N–H and O–H groups in total. The minimum atomic E-state index is -0.157. The fourth-order valence-electron chi connectivity index (χ4n) is 4.18. The summed E-state index contributed by atoms with van der Waals surface area (Å²) in [4.78, 5) is 29.8. The van der Waals surface area contributed by atoms with Crippen molar-refractivity contribution in [3.8, 4) is 5.75 Å². The number of hydrogen-bond acceptors (Lipinski definition) is 4. The standard InChI is InChI=1S/C23H27N3O3/c1-2-29-21-10-6-4-8-18(21)23(28)26-15-13-25(14-16-26)20-12-11-17-7-3-5-9-19(17)24-22(20)27/h3-10,20H,2,11-16H2,1H3,(H,24,27). The molecule has 1 atom stereocenters. The number of para-hydroxylation sites is 2. The Morgan fingerprint density at radius 2 is 1.79 bits per heavy atom. The highest BCUT2D eigenvalue weighted by atomic mass is 16.5. The second kappa shape index (κ2) is 8.66. The molecule has 0 radical (unpaired) electrons. The van der Waals surface area contributed by atoms with Crippen LogP contribution in [0.4, 0.5) is 5.69 Å². The van der Waals surface area contributed by atoms with Crippen LogP contribution in [0.1, 0.15) is 29.3 Å². The number of piperazine rings is 1. The molecule has 6 heteroatoms. The van der Waals surface area contributed by atoms with Crippen LogP contribution >= 0.6 is 0 Å². The summed E-state index contributed by atoms with van der Waals surface area (Å²) in [5, 5.41) is 3.07. The Kier molecular flexibility index (Phi) is 5.81. The Bertz CT molecular complexity index is 890. The predicted octanol–water partition coefficient (Wildman–Crippen LogP) is 2.80. The van der Waals surface area contributed by atoms with Gasteiger partial charge in [0.15, 0.2) is 0 Å². The maximum Gasteiger partial charge on any atom is 0.257 e. The van der Waals surface area contributed by atoms with E-state index in [9.17, 15) is 9.59 Å². The van der Waals surface area contributed by atoms with E-state index in [0.29, 0.717) is 44.1 Å². The highest BCUT2D eigenvalue weighted by Gasteiger charge is 2.32. The zero-order valence-corrected chi connectivity index (χ0v) is 16.8. The number of carbonyl (C=O) groups excluding carboxylic acids is 2. The van der Waals surface area contributed by atoms with Gasteiger partial charge in [0.25, 0.3) is 5.91 Å². The lowest BCUT2D eigenvalue weighted by Crippen LogP contribution is -2.54. The minimum Gasteiger partial charge on any atom is -0.493 e. The largest absolute Gasteiger partial charge is 0.493 e. The molecule has 0 aliphatic carbocycles. The van der Waals surface area contributed by atoms with Crippen LogP contribution < -0.4 is 10.1 Å². The van der Waals surface area contributed by atoms with E-state index in [1.807, 2.05) is 54.3 Å². The zero-order chi connectivity index (χ0) is 20.2. The number of carbonyl (C=O) groups is 2. The molecule has 2 amide bonds. The van der Waals surface area contributed by atoms with Gasteiger partial charge in [0, 0.05) is 31.9 Å². The Morgan fingerprint density at radius 1 is 1.07 bits per heavy atom. The first-order valence-corrected chi connectivity index (χ1v) is 10.3. The molecule has 4 rings (SSSR count). The average Bonchev–Trinajstić information content (AvgIpc) is 2.92. The molecular weight excluding hydrogens is 366 g/mol. The van der Waals surface area contributed by atoms with Gasteiger partial charge in [-0.25, -0.2) is 0 Å². The van der Waals surface area contributed by atoms with Crippen LogP contribution in [0, 0.1) is 0 Å². The van der Waals surface area contributed by atoms with Crippen molar-refractivity contribution >= 4 is 17.5 Å². The van der Waals surface area contributed by atoms with E-state index in [2.05, 4.69) is 16.3 Å². The third-order valence-corrected chi connectivity index (χ3v) is 5.72. The van der Waals surface area contributed by atoms with Crippen LogP contribution in [0.5, 0.6) is 5.75 Å². The number of benzene rings is 2. The van der Waals surface area contributed by atoms with Crippen molar-refractivity contribution in [1.29, 1.82) is 0 Å². The van der Waals surface area contributed by atoms with Gasteiger partial charge < -0.3 is 15.0 Å². The van der Waals surface area contributed by atoms with Gasteiger partial charge in [-0.1, -0.05) is 30.3 Å².